The monoisotopic (exact) mass is 463 g/mol. The molecule has 0 fully saturated rings. The molecule has 2 aromatic rings. The minimum Gasteiger partial charge on any atom is -0.484 e. The van der Waals surface area contributed by atoms with Gasteiger partial charge >= 0.3 is 5.97 Å². The molecule has 1 amide bonds. The van der Waals surface area contributed by atoms with Gasteiger partial charge in [-0.15, -0.1) is 0 Å². The van der Waals surface area contributed by atoms with Crippen LogP contribution in [0, 0.1) is 0 Å². The zero-order valence-electron chi connectivity index (χ0n) is 18.5. The number of amidine groups is 1. The third-order valence-electron chi connectivity index (χ3n) is 5.19. The third-order valence-corrected chi connectivity index (χ3v) is 5.96. The molecule has 170 valence electrons. The Balaban J connectivity index is 1.48. The van der Waals surface area contributed by atoms with Gasteiger partial charge in [-0.1, -0.05) is 54.2 Å². The fourth-order valence-electron chi connectivity index (χ4n) is 3.67. The molecule has 0 aliphatic carbocycles. The first-order valence-corrected chi connectivity index (χ1v) is 11.6. The SMILES string of the molecule is CCOC(=O)C1=C(C)N=C2SC=CN2[C@H]1c1cccc(OCC(=O)NCc2ccccc2)c1. The summed E-state index contributed by atoms with van der Waals surface area (Å²) >= 11 is 1.50. The lowest BCUT2D eigenvalue weighted by Crippen LogP contribution is -2.34. The second-order valence-corrected chi connectivity index (χ2v) is 8.32. The Bertz CT molecular complexity index is 1130. The summed E-state index contributed by atoms with van der Waals surface area (Å²) in [5.74, 6) is -0.0546. The van der Waals surface area contributed by atoms with E-state index < -0.39 is 6.04 Å². The van der Waals surface area contributed by atoms with Crippen LogP contribution in [0.15, 0.2) is 82.5 Å². The lowest BCUT2D eigenvalue weighted by Gasteiger charge is -2.33. The average molecular weight is 464 g/mol. The van der Waals surface area contributed by atoms with Crippen molar-refractivity contribution in [2.75, 3.05) is 13.2 Å². The second kappa shape index (κ2) is 10.4. The number of aliphatic imine (C=N–C) groups is 1. The summed E-state index contributed by atoms with van der Waals surface area (Å²) in [7, 11) is 0. The Morgan fingerprint density at radius 1 is 1.15 bits per heavy atom. The van der Waals surface area contributed by atoms with E-state index in [-0.39, 0.29) is 25.1 Å². The van der Waals surface area contributed by atoms with Gasteiger partial charge in [0.25, 0.3) is 5.91 Å². The molecule has 0 spiro atoms. The van der Waals surface area contributed by atoms with Gasteiger partial charge in [-0.05, 0) is 42.5 Å². The lowest BCUT2D eigenvalue weighted by molar-refractivity contribution is -0.139. The number of hydrogen-bond acceptors (Lipinski definition) is 7. The molecule has 0 bridgehead atoms. The van der Waals surface area contributed by atoms with E-state index in [1.807, 2.05) is 72.0 Å². The number of esters is 1. The van der Waals surface area contributed by atoms with Crippen molar-refractivity contribution in [2.24, 2.45) is 4.99 Å². The molecule has 7 nitrogen and oxygen atoms in total. The molecule has 2 aliphatic rings. The number of carbonyl (C=O) groups is 2. The second-order valence-electron chi connectivity index (χ2n) is 7.45. The molecule has 33 heavy (non-hydrogen) atoms. The van der Waals surface area contributed by atoms with Gasteiger partial charge in [-0.2, -0.15) is 0 Å². The number of ether oxygens (including phenoxy) is 2. The van der Waals surface area contributed by atoms with E-state index in [1.165, 1.54) is 11.8 Å². The number of thioether (sulfide) groups is 1. The van der Waals surface area contributed by atoms with Crippen molar-refractivity contribution in [3.63, 3.8) is 0 Å². The maximum Gasteiger partial charge on any atom is 0.338 e. The van der Waals surface area contributed by atoms with Crippen molar-refractivity contribution in [1.82, 2.24) is 10.2 Å². The molecule has 2 aliphatic heterocycles. The zero-order valence-corrected chi connectivity index (χ0v) is 19.3. The summed E-state index contributed by atoms with van der Waals surface area (Å²) in [5.41, 5.74) is 2.99. The zero-order chi connectivity index (χ0) is 23.2. The van der Waals surface area contributed by atoms with E-state index in [1.54, 1.807) is 13.0 Å². The van der Waals surface area contributed by atoms with Crippen molar-refractivity contribution >= 4 is 28.8 Å². The van der Waals surface area contributed by atoms with Crippen LogP contribution in [-0.4, -0.2) is 35.2 Å². The molecule has 8 heteroatoms. The number of nitrogens with zero attached hydrogens (tertiary/aromatic N) is 2. The number of allylic oxidation sites excluding steroid dienone is 1. The minimum atomic E-state index is -0.391. The summed E-state index contributed by atoms with van der Waals surface area (Å²) in [5, 5.41) is 5.59. The number of benzene rings is 2. The maximum atomic E-state index is 12.8. The maximum absolute atomic E-state index is 12.8. The lowest BCUT2D eigenvalue weighted by atomic mass is 9.94. The van der Waals surface area contributed by atoms with Crippen LogP contribution >= 0.6 is 11.8 Å². The predicted molar refractivity (Wildman–Crippen MR) is 128 cm³/mol. The van der Waals surface area contributed by atoms with E-state index in [2.05, 4.69) is 10.3 Å². The minimum absolute atomic E-state index is 0.104. The fraction of sp³-hybridized carbons (Fsp3) is 0.240. The molecule has 0 unspecified atom stereocenters. The van der Waals surface area contributed by atoms with Crippen LogP contribution in [0.5, 0.6) is 5.75 Å². The van der Waals surface area contributed by atoms with Crippen LogP contribution in [0.25, 0.3) is 0 Å². The molecule has 1 N–H and O–H groups in total. The highest BCUT2D eigenvalue weighted by atomic mass is 32.2. The molecule has 1 atom stereocenters. The van der Waals surface area contributed by atoms with Crippen LogP contribution in [0.3, 0.4) is 0 Å². The van der Waals surface area contributed by atoms with Crippen LogP contribution in [0.2, 0.25) is 0 Å². The largest absolute Gasteiger partial charge is 0.484 e. The average Bonchev–Trinajstić information content (AvgIpc) is 3.29. The van der Waals surface area contributed by atoms with Crippen LogP contribution in [-0.2, 0) is 20.9 Å². The third kappa shape index (κ3) is 5.28. The Kier molecular flexibility index (Phi) is 7.14. The van der Waals surface area contributed by atoms with E-state index in [4.69, 9.17) is 9.47 Å². The number of hydrogen-bond donors (Lipinski definition) is 1. The van der Waals surface area contributed by atoms with Gasteiger partial charge in [0.05, 0.1) is 23.9 Å². The van der Waals surface area contributed by atoms with Gasteiger partial charge in [-0.25, -0.2) is 9.79 Å². The Hall–Kier alpha value is -3.52. The molecule has 0 saturated heterocycles. The quantitative estimate of drug-likeness (QED) is 0.593. The van der Waals surface area contributed by atoms with Gasteiger partial charge < -0.3 is 19.7 Å². The molecular formula is C25H25N3O4S. The Labute approximate surface area is 197 Å². The molecule has 4 rings (SSSR count). The first-order chi connectivity index (χ1) is 16.1. The van der Waals surface area contributed by atoms with E-state index in [9.17, 15) is 9.59 Å². The van der Waals surface area contributed by atoms with Crippen molar-refractivity contribution in [3.05, 3.63) is 88.6 Å². The molecule has 2 aromatic carbocycles. The van der Waals surface area contributed by atoms with Gasteiger partial charge in [0, 0.05) is 12.7 Å². The summed E-state index contributed by atoms with van der Waals surface area (Å²) < 4.78 is 11.1. The highest BCUT2D eigenvalue weighted by Gasteiger charge is 2.37. The Morgan fingerprint density at radius 3 is 2.76 bits per heavy atom. The summed E-state index contributed by atoms with van der Waals surface area (Å²) in [4.78, 5) is 31.5. The van der Waals surface area contributed by atoms with Crippen LogP contribution in [0.1, 0.15) is 31.0 Å². The summed E-state index contributed by atoms with van der Waals surface area (Å²) in [6.45, 7) is 4.22. The summed E-state index contributed by atoms with van der Waals surface area (Å²) in [6, 6.07) is 16.7. The molecule has 2 heterocycles. The predicted octanol–water partition coefficient (Wildman–Crippen LogP) is 4.15. The molecule has 0 saturated carbocycles. The normalized spacial score (nSPS) is 16.8. The first kappa shape index (κ1) is 22.7. The smallest absolute Gasteiger partial charge is 0.338 e. The highest BCUT2D eigenvalue weighted by molar-refractivity contribution is 8.16. The molecule has 0 aromatic heterocycles. The first-order valence-electron chi connectivity index (χ1n) is 10.7. The number of fused-ring (bicyclic) bond motifs is 1. The molecular weight excluding hydrogens is 438 g/mol. The van der Waals surface area contributed by atoms with Crippen molar-refractivity contribution in [2.45, 2.75) is 26.4 Å². The van der Waals surface area contributed by atoms with Gasteiger partial charge in [0.15, 0.2) is 11.8 Å². The topological polar surface area (TPSA) is 80.2 Å². The van der Waals surface area contributed by atoms with E-state index >= 15 is 0 Å². The summed E-state index contributed by atoms with van der Waals surface area (Å²) in [6.07, 6.45) is 1.91. The standard InChI is InChI=1S/C25H25N3O4S/c1-3-31-24(30)22-17(2)27-25-28(12-13-33-25)23(22)19-10-7-11-20(14-19)32-16-21(29)26-15-18-8-5-4-6-9-18/h4-14,23H,3,15-16H2,1-2H3,(H,26,29)/t23-/m0/s1. The van der Waals surface area contributed by atoms with Gasteiger partial charge in [0.1, 0.15) is 5.75 Å². The van der Waals surface area contributed by atoms with E-state index in [0.29, 0.717) is 23.6 Å². The molecule has 0 radical (unpaired) electrons. The van der Waals surface area contributed by atoms with Crippen molar-refractivity contribution in [3.8, 4) is 5.75 Å². The van der Waals surface area contributed by atoms with Crippen LogP contribution in [0.4, 0.5) is 0 Å². The fourth-order valence-corrected chi connectivity index (χ4v) is 4.46. The van der Waals surface area contributed by atoms with Gasteiger partial charge in [0.2, 0.25) is 0 Å². The number of carbonyl (C=O) groups excluding carboxylic acids is 2. The Morgan fingerprint density at radius 2 is 1.97 bits per heavy atom. The van der Waals surface area contributed by atoms with Crippen molar-refractivity contribution < 1.29 is 19.1 Å². The number of rotatable bonds is 8. The van der Waals surface area contributed by atoms with Gasteiger partial charge in [-0.3, -0.25) is 4.79 Å². The van der Waals surface area contributed by atoms with E-state index in [0.717, 1.165) is 16.3 Å². The van der Waals surface area contributed by atoms with Crippen LogP contribution < -0.4 is 10.1 Å². The highest BCUT2D eigenvalue weighted by Crippen LogP contribution is 2.41. The number of nitrogens with one attached hydrogen (secondary N) is 1. The van der Waals surface area contributed by atoms with Crippen molar-refractivity contribution in [1.29, 1.82) is 0 Å². The number of amides is 1.